The summed E-state index contributed by atoms with van der Waals surface area (Å²) in [6.07, 6.45) is 0. The van der Waals surface area contributed by atoms with Crippen molar-refractivity contribution in [3.63, 3.8) is 0 Å². The van der Waals surface area contributed by atoms with Crippen molar-refractivity contribution >= 4 is 38.9 Å². The Labute approximate surface area is 208 Å². The summed E-state index contributed by atoms with van der Waals surface area (Å²) in [6.45, 7) is 1.13. The van der Waals surface area contributed by atoms with Crippen molar-refractivity contribution in [3.05, 3.63) is 76.3 Å². The number of nitrogens with zero attached hydrogens (tertiary/aromatic N) is 1. The Morgan fingerprint density at radius 2 is 1.36 bits per heavy atom. The van der Waals surface area contributed by atoms with Gasteiger partial charge in [0.2, 0.25) is 5.75 Å². The molecule has 0 bridgehead atoms. The molecular weight excluding hydrogens is 504 g/mol. The third-order valence-corrected chi connectivity index (χ3v) is 5.90. The van der Waals surface area contributed by atoms with Crippen LogP contribution in [0.25, 0.3) is 0 Å². The van der Waals surface area contributed by atoms with Crippen molar-refractivity contribution in [1.29, 1.82) is 0 Å². The summed E-state index contributed by atoms with van der Waals surface area (Å²) in [4.78, 5) is 2.08. The lowest BCUT2D eigenvalue weighted by atomic mass is 10.1. The second kappa shape index (κ2) is 11.8. The molecule has 0 radical (unpaired) electrons. The lowest BCUT2D eigenvalue weighted by Crippen LogP contribution is -2.33. The first-order chi connectivity index (χ1) is 16.0. The Morgan fingerprint density at radius 1 is 0.788 bits per heavy atom. The first kappa shape index (κ1) is 24.7. The zero-order chi connectivity index (χ0) is 23.8. The van der Waals surface area contributed by atoms with E-state index in [4.69, 9.17) is 31.2 Å². The van der Waals surface area contributed by atoms with E-state index in [2.05, 4.69) is 26.1 Å². The van der Waals surface area contributed by atoms with Crippen molar-refractivity contribution in [2.24, 2.45) is 0 Å². The van der Waals surface area contributed by atoms with Crippen molar-refractivity contribution in [3.8, 4) is 23.0 Å². The average Bonchev–Trinajstić information content (AvgIpc) is 2.84. The van der Waals surface area contributed by atoms with Gasteiger partial charge in [0.1, 0.15) is 5.75 Å². The number of anilines is 1. The third kappa shape index (κ3) is 6.52. The first-order valence-electron chi connectivity index (χ1n) is 10.2. The summed E-state index contributed by atoms with van der Waals surface area (Å²) in [6, 6.07) is 19.7. The monoisotopic (exact) mass is 530 g/mol. The topological polar surface area (TPSA) is 52.2 Å². The van der Waals surface area contributed by atoms with Gasteiger partial charge in [0, 0.05) is 23.2 Å². The molecule has 0 aromatic heterocycles. The van der Waals surface area contributed by atoms with E-state index in [1.54, 1.807) is 28.4 Å². The highest BCUT2D eigenvalue weighted by molar-refractivity contribution is 9.10. The minimum atomic E-state index is 0.533. The van der Waals surface area contributed by atoms with Gasteiger partial charge in [-0.3, -0.25) is 0 Å². The maximum Gasteiger partial charge on any atom is 0.203 e. The van der Waals surface area contributed by atoms with E-state index >= 15 is 0 Å². The Balaban J connectivity index is 1.90. The molecule has 1 N–H and O–H groups in total. The molecule has 3 rings (SSSR count). The minimum absolute atomic E-state index is 0.533. The summed E-state index contributed by atoms with van der Waals surface area (Å²) in [5, 5.41) is 3.94. The largest absolute Gasteiger partial charge is 0.497 e. The van der Waals surface area contributed by atoms with Crippen LogP contribution in [-0.2, 0) is 13.1 Å². The molecule has 0 heterocycles. The van der Waals surface area contributed by atoms with Crippen molar-refractivity contribution in [2.45, 2.75) is 13.1 Å². The molecule has 0 atom stereocenters. The number of benzene rings is 3. The van der Waals surface area contributed by atoms with Crippen LogP contribution in [0.3, 0.4) is 0 Å². The fourth-order valence-corrected chi connectivity index (χ4v) is 3.84. The molecule has 0 spiro atoms. The van der Waals surface area contributed by atoms with Crippen LogP contribution in [0, 0.1) is 0 Å². The number of nitrogens with one attached hydrogen (secondary N) is 1. The highest BCUT2D eigenvalue weighted by Gasteiger charge is 2.17. The fraction of sp³-hybridized carbons (Fsp3) is 0.240. The number of hydrogen-bond donors (Lipinski definition) is 1. The standard InChI is InChI=1S/C25H27BrN2O4S/c1-29-21-11-5-17(6-12-21)15-28(25(33)27-20-9-7-19(26)8-10-20)16-18-13-22(30-2)24(32-4)23(14-18)31-3/h5-14H,15-16H2,1-4H3,(H,27,33). The molecule has 0 unspecified atom stereocenters. The van der Waals surface area contributed by atoms with E-state index in [-0.39, 0.29) is 0 Å². The van der Waals surface area contributed by atoms with E-state index in [0.717, 1.165) is 27.0 Å². The Bertz CT molecular complexity index is 1050. The molecule has 0 saturated carbocycles. The van der Waals surface area contributed by atoms with E-state index in [9.17, 15) is 0 Å². The van der Waals surface area contributed by atoms with Gasteiger partial charge in [-0.2, -0.15) is 0 Å². The van der Waals surface area contributed by atoms with E-state index in [1.165, 1.54) is 0 Å². The SMILES string of the molecule is COc1ccc(CN(Cc2cc(OC)c(OC)c(OC)c2)C(=S)Nc2ccc(Br)cc2)cc1. The van der Waals surface area contributed by atoms with Crippen LogP contribution >= 0.6 is 28.1 Å². The van der Waals surface area contributed by atoms with E-state index in [1.807, 2.05) is 60.7 Å². The van der Waals surface area contributed by atoms with Crippen LogP contribution in [0.15, 0.2) is 65.1 Å². The Morgan fingerprint density at radius 3 is 1.88 bits per heavy atom. The predicted molar refractivity (Wildman–Crippen MR) is 139 cm³/mol. The minimum Gasteiger partial charge on any atom is -0.497 e. The van der Waals surface area contributed by atoms with Gasteiger partial charge in [-0.15, -0.1) is 0 Å². The number of hydrogen-bond acceptors (Lipinski definition) is 5. The second-order valence-electron chi connectivity index (χ2n) is 7.17. The first-order valence-corrected chi connectivity index (χ1v) is 11.4. The predicted octanol–water partition coefficient (Wildman–Crippen LogP) is 5.88. The van der Waals surface area contributed by atoms with Crippen molar-refractivity contribution in [1.82, 2.24) is 4.90 Å². The third-order valence-electron chi connectivity index (χ3n) is 5.01. The molecule has 6 nitrogen and oxygen atoms in total. The highest BCUT2D eigenvalue weighted by Crippen LogP contribution is 2.38. The summed E-state index contributed by atoms with van der Waals surface area (Å²) in [5.41, 5.74) is 2.98. The van der Waals surface area contributed by atoms with Crippen LogP contribution in [0.2, 0.25) is 0 Å². The number of methoxy groups -OCH3 is 4. The van der Waals surface area contributed by atoms with Crippen LogP contribution in [0.5, 0.6) is 23.0 Å². The molecule has 33 heavy (non-hydrogen) atoms. The van der Waals surface area contributed by atoms with Gasteiger partial charge >= 0.3 is 0 Å². The lowest BCUT2D eigenvalue weighted by Gasteiger charge is -2.27. The highest BCUT2D eigenvalue weighted by atomic mass is 79.9. The normalized spacial score (nSPS) is 10.3. The quantitative estimate of drug-likeness (QED) is 0.346. The molecule has 3 aromatic rings. The molecular formula is C25H27BrN2O4S. The number of halogens is 1. The Kier molecular flexibility index (Phi) is 8.79. The smallest absolute Gasteiger partial charge is 0.203 e. The van der Waals surface area contributed by atoms with Crippen molar-refractivity contribution in [2.75, 3.05) is 33.8 Å². The fourth-order valence-electron chi connectivity index (χ4n) is 3.33. The van der Waals surface area contributed by atoms with Crippen LogP contribution in [0.1, 0.15) is 11.1 Å². The van der Waals surface area contributed by atoms with Gasteiger partial charge < -0.3 is 29.2 Å². The van der Waals surface area contributed by atoms with Gasteiger partial charge in [0.25, 0.3) is 0 Å². The van der Waals surface area contributed by atoms with Gasteiger partial charge in [-0.05, 0) is 71.9 Å². The molecule has 0 saturated heterocycles. The maximum atomic E-state index is 5.80. The lowest BCUT2D eigenvalue weighted by molar-refractivity contribution is 0.322. The molecule has 0 amide bonds. The number of rotatable bonds is 9. The Hall–Kier alpha value is -2.97. The molecule has 0 aliphatic carbocycles. The molecule has 3 aromatic carbocycles. The van der Waals surface area contributed by atoms with Gasteiger partial charge in [0.05, 0.1) is 28.4 Å². The van der Waals surface area contributed by atoms with Crippen LogP contribution in [0.4, 0.5) is 5.69 Å². The van der Waals surface area contributed by atoms with Gasteiger partial charge in [-0.1, -0.05) is 28.1 Å². The van der Waals surface area contributed by atoms with E-state index in [0.29, 0.717) is 35.5 Å². The molecule has 8 heteroatoms. The maximum absolute atomic E-state index is 5.80. The summed E-state index contributed by atoms with van der Waals surface area (Å²) >= 11 is 9.26. The zero-order valence-corrected chi connectivity index (χ0v) is 21.5. The average molecular weight is 531 g/mol. The molecule has 174 valence electrons. The van der Waals surface area contributed by atoms with Crippen LogP contribution < -0.4 is 24.3 Å². The van der Waals surface area contributed by atoms with E-state index < -0.39 is 0 Å². The molecule has 0 fully saturated rings. The number of ether oxygens (including phenoxy) is 4. The number of thiocarbonyl (C=S) groups is 1. The van der Waals surface area contributed by atoms with Gasteiger partial charge in [-0.25, -0.2) is 0 Å². The molecule has 0 aliphatic rings. The summed E-state index contributed by atoms with van der Waals surface area (Å²) < 4.78 is 22.8. The van der Waals surface area contributed by atoms with Crippen molar-refractivity contribution < 1.29 is 18.9 Å². The van der Waals surface area contributed by atoms with Crippen LogP contribution in [-0.4, -0.2) is 38.5 Å². The summed E-state index contributed by atoms with van der Waals surface area (Å²) in [7, 11) is 6.46. The zero-order valence-electron chi connectivity index (χ0n) is 19.1. The summed E-state index contributed by atoms with van der Waals surface area (Å²) in [5.74, 6) is 2.57. The second-order valence-corrected chi connectivity index (χ2v) is 8.48. The van der Waals surface area contributed by atoms with Gasteiger partial charge in [0.15, 0.2) is 16.6 Å². The molecule has 0 aliphatic heterocycles.